The molecule has 1 unspecified atom stereocenters. The first-order valence-electron chi connectivity index (χ1n) is 4.22. The molecule has 1 aliphatic rings. The second-order valence-corrected chi connectivity index (χ2v) is 3.02. The second-order valence-electron chi connectivity index (χ2n) is 3.02. The van der Waals surface area contributed by atoms with Gasteiger partial charge in [0.25, 0.3) is 0 Å². The third-order valence-electron chi connectivity index (χ3n) is 2.15. The minimum atomic E-state index is 0.0150. The smallest absolute Gasteiger partial charge is 0.159 e. The lowest BCUT2D eigenvalue weighted by Gasteiger charge is -2.21. The van der Waals surface area contributed by atoms with Gasteiger partial charge in [-0.3, -0.25) is 5.10 Å². The molecule has 0 radical (unpaired) electrons. The van der Waals surface area contributed by atoms with Crippen LogP contribution in [-0.2, 0) is 4.74 Å². The van der Waals surface area contributed by atoms with Crippen LogP contribution in [0, 0.1) is 0 Å². The summed E-state index contributed by atoms with van der Waals surface area (Å²) < 4.78 is 5.47. The van der Waals surface area contributed by atoms with Crippen molar-refractivity contribution < 1.29 is 9.84 Å². The molecule has 0 saturated carbocycles. The first kappa shape index (κ1) is 7.61. The normalized spacial score (nSPS) is 24.2. The van der Waals surface area contributed by atoms with Gasteiger partial charge in [0.2, 0.25) is 0 Å². The third-order valence-corrected chi connectivity index (χ3v) is 2.15. The summed E-state index contributed by atoms with van der Waals surface area (Å²) in [5.41, 5.74) is 0.717. The summed E-state index contributed by atoms with van der Waals surface area (Å²) in [5, 5.41) is 15.8. The summed E-state index contributed by atoms with van der Waals surface area (Å²) in [6, 6.07) is 0. The van der Waals surface area contributed by atoms with Crippen LogP contribution in [-0.4, -0.2) is 21.9 Å². The van der Waals surface area contributed by atoms with Crippen molar-refractivity contribution in [2.75, 3.05) is 6.61 Å². The van der Waals surface area contributed by atoms with Gasteiger partial charge in [0, 0.05) is 6.61 Å². The number of hydrogen-bond donors (Lipinski definition) is 2. The molecular formula is C8H12N2O2. The quantitative estimate of drug-likeness (QED) is 0.665. The first-order chi connectivity index (χ1) is 5.88. The van der Waals surface area contributed by atoms with E-state index in [4.69, 9.17) is 4.74 Å². The molecule has 1 atom stereocenters. The fourth-order valence-corrected chi connectivity index (χ4v) is 1.50. The topological polar surface area (TPSA) is 58.1 Å². The molecule has 66 valence electrons. The highest BCUT2D eigenvalue weighted by Gasteiger charge is 2.20. The lowest BCUT2D eigenvalue weighted by Crippen LogP contribution is -2.11. The lowest BCUT2D eigenvalue weighted by molar-refractivity contribution is 0.0110. The number of ether oxygens (including phenoxy) is 1. The average Bonchev–Trinajstić information content (AvgIpc) is 2.53. The molecule has 0 bridgehead atoms. The summed E-state index contributed by atoms with van der Waals surface area (Å²) in [6.07, 6.45) is 4.67. The summed E-state index contributed by atoms with van der Waals surface area (Å²) in [6.45, 7) is 0.781. The van der Waals surface area contributed by atoms with Crippen LogP contribution >= 0.6 is 0 Å². The number of rotatable bonds is 1. The van der Waals surface area contributed by atoms with Crippen LogP contribution in [0.2, 0.25) is 0 Å². The van der Waals surface area contributed by atoms with Gasteiger partial charge >= 0.3 is 0 Å². The highest BCUT2D eigenvalue weighted by atomic mass is 16.5. The van der Waals surface area contributed by atoms with Crippen molar-refractivity contribution in [2.45, 2.75) is 25.4 Å². The van der Waals surface area contributed by atoms with Crippen molar-refractivity contribution in [3.8, 4) is 5.75 Å². The molecule has 0 spiro atoms. The first-order valence-corrected chi connectivity index (χ1v) is 4.22. The van der Waals surface area contributed by atoms with Crippen molar-refractivity contribution in [3.63, 3.8) is 0 Å². The zero-order chi connectivity index (χ0) is 8.39. The SMILES string of the molecule is Oc1cn[nH]c1C1CCCCO1. The van der Waals surface area contributed by atoms with E-state index in [1.807, 2.05) is 0 Å². The summed E-state index contributed by atoms with van der Waals surface area (Å²) >= 11 is 0. The van der Waals surface area contributed by atoms with E-state index in [1.165, 1.54) is 6.20 Å². The van der Waals surface area contributed by atoms with Gasteiger partial charge in [0.1, 0.15) is 11.8 Å². The van der Waals surface area contributed by atoms with Crippen LogP contribution < -0.4 is 0 Å². The maximum atomic E-state index is 9.33. The van der Waals surface area contributed by atoms with E-state index in [2.05, 4.69) is 10.2 Å². The summed E-state index contributed by atoms with van der Waals surface area (Å²) in [5.74, 6) is 0.210. The minimum absolute atomic E-state index is 0.0150. The Bertz CT molecular complexity index is 253. The molecule has 0 amide bonds. The highest BCUT2D eigenvalue weighted by molar-refractivity contribution is 5.24. The van der Waals surface area contributed by atoms with Crippen molar-refractivity contribution >= 4 is 0 Å². The van der Waals surface area contributed by atoms with Crippen molar-refractivity contribution in [1.82, 2.24) is 10.2 Å². The maximum Gasteiger partial charge on any atom is 0.159 e. The standard InChI is InChI=1S/C8H12N2O2/c11-6-5-9-10-8(6)7-3-1-2-4-12-7/h5,7,11H,1-4H2,(H,9,10). The molecule has 12 heavy (non-hydrogen) atoms. The van der Waals surface area contributed by atoms with E-state index in [1.54, 1.807) is 0 Å². The molecule has 1 fully saturated rings. The van der Waals surface area contributed by atoms with Crippen molar-refractivity contribution in [3.05, 3.63) is 11.9 Å². The van der Waals surface area contributed by atoms with E-state index in [0.29, 0.717) is 0 Å². The molecule has 1 aromatic heterocycles. The Morgan fingerprint density at radius 1 is 1.58 bits per heavy atom. The van der Waals surface area contributed by atoms with E-state index >= 15 is 0 Å². The Kier molecular flexibility index (Phi) is 1.99. The van der Waals surface area contributed by atoms with Gasteiger partial charge in [-0.05, 0) is 19.3 Å². The third kappa shape index (κ3) is 1.30. The van der Waals surface area contributed by atoms with Crippen LogP contribution in [0.25, 0.3) is 0 Å². The second kappa shape index (κ2) is 3.15. The van der Waals surface area contributed by atoms with Gasteiger partial charge in [-0.2, -0.15) is 5.10 Å². The Labute approximate surface area is 70.6 Å². The zero-order valence-electron chi connectivity index (χ0n) is 6.79. The largest absolute Gasteiger partial charge is 0.504 e. The molecule has 1 aliphatic heterocycles. The Morgan fingerprint density at radius 2 is 2.50 bits per heavy atom. The van der Waals surface area contributed by atoms with Crippen LogP contribution in [0.5, 0.6) is 5.75 Å². The number of nitrogens with one attached hydrogen (secondary N) is 1. The van der Waals surface area contributed by atoms with E-state index < -0.39 is 0 Å². The molecule has 1 aromatic rings. The Hall–Kier alpha value is -1.03. The van der Waals surface area contributed by atoms with E-state index in [0.717, 1.165) is 31.6 Å². The molecular weight excluding hydrogens is 156 g/mol. The summed E-state index contributed by atoms with van der Waals surface area (Å²) in [7, 11) is 0. The van der Waals surface area contributed by atoms with Gasteiger partial charge in [-0.15, -0.1) is 0 Å². The number of aromatic nitrogens is 2. The summed E-state index contributed by atoms with van der Waals surface area (Å²) in [4.78, 5) is 0. The number of aromatic amines is 1. The van der Waals surface area contributed by atoms with Gasteiger partial charge < -0.3 is 9.84 Å². The fourth-order valence-electron chi connectivity index (χ4n) is 1.50. The van der Waals surface area contributed by atoms with Gasteiger partial charge in [0.05, 0.1) is 6.20 Å². The van der Waals surface area contributed by atoms with Crippen LogP contribution in [0.4, 0.5) is 0 Å². The van der Waals surface area contributed by atoms with Crippen molar-refractivity contribution in [1.29, 1.82) is 0 Å². The predicted molar refractivity (Wildman–Crippen MR) is 42.8 cm³/mol. The Morgan fingerprint density at radius 3 is 3.08 bits per heavy atom. The van der Waals surface area contributed by atoms with Gasteiger partial charge in [-0.25, -0.2) is 0 Å². The number of aromatic hydroxyl groups is 1. The maximum absolute atomic E-state index is 9.33. The highest BCUT2D eigenvalue weighted by Crippen LogP contribution is 2.31. The fraction of sp³-hybridized carbons (Fsp3) is 0.625. The van der Waals surface area contributed by atoms with Gasteiger partial charge in [-0.1, -0.05) is 0 Å². The van der Waals surface area contributed by atoms with E-state index in [-0.39, 0.29) is 11.9 Å². The van der Waals surface area contributed by atoms with Crippen LogP contribution in [0.3, 0.4) is 0 Å². The molecule has 2 N–H and O–H groups in total. The number of H-pyrrole nitrogens is 1. The van der Waals surface area contributed by atoms with Gasteiger partial charge in [0.15, 0.2) is 5.75 Å². The molecule has 1 saturated heterocycles. The molecule has 2 heterocycles. The lowest BCUT2D eigenvalue weighted by atomic mass is 10.1. The van der Waals surface area contributed by atoms with Crippen molar-refractivity contribution in [2.24, 2.45) is 0 Å². The van der Waals surface area contributed by atoms with E-state index in [9.17, 15) is 5.11 Å². The molecule has 2 rings (SSSR count). The molecule has 0 aromatic carbocycles. The monoisotopic (exact) mass is 168 g/mol. The Balaban J connectivity index is 2.13. The van der Waals surface area contributed by atoms with Crippen LogP contribution in [0.15, 0.2) is 6.20 Å². The van der Waals surface area contributed by atoms with Crippen LogP contribution in [0.1, 0.15) is 31.1 Å². The zero-order valence-corrected chi connectivity index (χ0v) is 6.79. The number of hydrogen-bond acceptors (Lipinski definition) is 3. The molecule has 4 heteroatoms. The minimum Gasteiger partial charge on any atom is -0.504 e. The predicted octanol–water partition coefficient (Wildman–Crippen LogP) is 1.36. The number of nitrogens with zero attached hydrogens (tertiary/aromatic N) is 1. The molecule has 4 nitrogen and oxygen atoms in total. The average molecular weight is 168 g/mol. The molecule has 0 aliphatic carbocycles.